The van der Waals surface area contributed by atoms with Gasteiger partial charge in [-0.15, -0.1) is 0 Å². The van der Waals surface area contributed by atoms with E-state index in [9.17, 15) is 4.79 Å². The van der Waals surface area contributed by atoms with E-state index in [-0.39, 0.29) is 0 Å². The third-order valence-corrected chi connectivity index (χ3v) is 3.84. The first-order chi connectivity index (χ1) is 9.10. The van der Waals surface area contributed by atoms with Crippen molar-refractivity contribution in [3.8, 4) is 5.75 Å². The largest absolute Gasteiger partial charge is 0.487 e. The van der Waals surface area contributed by atoms with Gasteiger partial charge in [0.25, 0.3) is 0 Å². The van der Waals surface area contributed by atoms with E-state index >= 15 is 0 Å². The van der Waals surface area contributed by atoms with Gasteiger partial charge in [0, 0.05) is 10.6 Å². The van der Waals surface area contributed by atoms with E-state index < -0.39 is 0 Å². The van der Waals surface area contributed by atoms with E-state index in [1.165, 1.54) is 0 Å². The van der Waals surface area contributed by atoms with Gasteiger partial charge in [0.1, 0.15) is 18.6 Å². The predicted molar refractivity (Wildman–Crippen MR) is 83.0 cm³/mol. The summed E-state index contributed by atoms with van der Waals surface area (Å²) in [7, 11) is 0. The summed E-state index contributed by atoms with van der Waals surface area (Å²) in [4.78, 5) is 10.7. The summed E-state index contributed by atoms with van der Waals surface area (Å²) in [6.07, 6.45) is 0.788. The number of carbonyl (C=O) groups is 1. The molecule has 0 saturated carbocycles. The summed E-state index contributed by atoms with van der Waals surface area (Å²) < 4.78 is 7.20. The van der Waals surface area contributed by atoms with E-state index in [0.717, 1.165) is 20.8 Å². The van der Waals surface area contributed by atoms with Crippen molar-refractivity contribution in [2.24, 2.45) is 0 Å². The van der Waals surface area contributed by atoms with Crippen LogP contribution >= 0.6 is 43.5 Å². The van der Waals surface area contributed by atoms with E-state index in [2.05, 4.69) is 31.9 Å². The molecule has 0 radical (unpaired) electrons. The van der Waals surface area contributed by atoms with Crippen LogP contribution in [0.2, 0.25) is 5.02 Å². The van der Waals surface area contributed by atoms with Crippen LogP contribution in [0, 0.1) is 0 Å². The Bertz CT molecular complexity index is 591. The first-order valence-corrected chi connectivity index (χ1v) is 7.38. The molecule has 98 valence electrons. The number of carbonyl (C=O) groups excluding carboxylic acids is 1. The highest BCUT2D eigenvalue weighted by Crippen LogP contribution is 2.35. The van der Waals surface area contributed by atoms with Crippen molar-refractivity contribution < 1.29 is 9.53 Å². The molecule has 19 heavy (non-hydrogen) atoms. The average molecular weight is 404 g/mol. The molecule has 2 aromatic carbocycles. The van der Waals surface area contributed by atoms with Gasteiger partial charge in [0.2, 0.25) is 0 Å². The lowest BCUT2D eigenvalue weighted by molar-refractivity contribution is 0.112. The number of rotatable bonds is 4. The number of benzene rings is 2. The number of aldehydes is 1. The molecule has 0 N–H and O–H groups in total. The molecule has 0 aliphatic rings. The van der Waals surface area contributed by atoms with Gasteiger partial charge in [-0.1, -0.05) is 23.7 Å². The molecule has 0 unspecified atom stereocenters. The Hall–Kier alpha value is -0.840. The second-order valence-corrected chi connectivity index (χ2v) is 6.00. The van der Waals surface area contributed by atoms with Crippen LogP contribution in [-0.4, -0.2) is 6.29 Å². The molecule has 0 heterocycles. The standard InChI is InChI=1S/C14H9Br2ClO2/c15-12-5-10(7-18)6-13(16)14(12)19-8-9-2-1-3-11(17)4-9/h1-7H,8H2. The fourth-order valence-electron chi connectivity index (χ4n) is 1.57. The summed E-state index contributed by atoms with van der Waals surface area (Å²) in [6, 6.07) is 10.9. The van der Waals surface area contributed by atoms with Crippen LogP contribution in [0.3, 0.4) is 0 Å². The van der Waals surface area contributed by atoms with Crippen molar-refractivity contribution in [2.75, 3.05) is 0 Å². The molecule has 0 aliphatic heterocycles. The van der Waals surface area contributed by atoms with Crippen molar-refractivity contribution in [1.29, 1.82) is 0 Å². The first-order valence-electron chi connectivity index (χ1n) is 5.41. The molecule has 0 spiro atoms. The Morgan fingerprint density at radius 2 is 1.84 bits per heavy atom. The highest BCUT2D eigenvalue weighted by Gasteiger charge is 2.09. The molecule has 2 aromatic rings. The molecule has 0 aromatic heterocycles. The number of halogens is 3. The second kappa shape index (κ2) is 6.55. The van der Waals surface area contributed by atoms with Gasteiger partial charge in [-0.05, 0) is 61.7 Å². The van der Waals surface area contributed by atoms with Gasteiger partial charge >= 0.3 is 0 Å². The fraction of sp³-hybridized carbons (Fsp3) is 0.0714. The van der Waals surface area contributed by atoms with Gasteiger partial charge in [0.05, 0.1) is 8.95 Å². The van der Waals surface area contributed by atoms with Crippen molar-refractivity contribution in [1.82, 2.24) is 0 Å². The molecule has 0 saturated heterocycles. The minimum Gasteiger partial charge on any atom is -0.487 e. The van der Waals surface area contributed by atoms with Crippen LogP contribution < -0.4 is 4.74 Å². The van der Waals surface area contributed by atoms with Crippen molar-refractivity contribution in [3.05, 3.63) is 61.5 Å². The maximum atomic E-state index is 10.7. The molecule has 0 fully saturated rings. The minimum absolute atomic E-state index is 0.401. The number of ether oxygens (including phenoxy) is 1. The molecule has 0 amide bonds. The lowest BCUT2D eigenvalue weighted by Gasteiger charge is -2.11. The summed E-state index contributed by atoms with van der Waals surface area (Å²) in [5.74, 6) is 0.658. The molecule has 2 nitrogen and oxygen atoms in total. The van der Waals surface area contributed by atoms with Crippen LogP contribution in [0.5, 0.6) is 5.75 Å². The lowest BCUT2D eigenvalue weighted by Crippen LogP contribution is -1.97. The fourth-order valence-corrected chi connectivity index (χ4v) is 3.23. The van der Waals surface area contributed by atoms with Gasteiger partial charge in [-0.3, -0.25) is 4.79 Å². The van der Waals surface area contributed by atoms with E-state index in [4.69, 9.17) is 16.3 Å². The van der Waals surface area contributed by atoms with Crippen molar-refractivity contribution in [2.45, 2.75) is 6.61 Å². The van der Waals surface area contributed by atoms with Crippen LogP contribution in [-0.2, 0) is 6.61 Å². The Morgan fingerprint density at radius 1 is 1.16 bits per heavy atom. The van der Waals surface area contributed by atoms with Crippen molar-refractivity contribution >= 4 is 49.7 Å². The summed E-state index contributed by atoms with van der Waals surface area (Å²) in [6.45, 7) is 0.401. The van der Waals surface area contributed by atoms with Crippen LogP contribution in [0.4, 0.5) is 0 Å². The summed E-state index contributed by atoms with van der Waals surface area (Å²) >= 11 is 12.7. The minimum atomic E-state index is 0.401. The molecule has 5 heteroatoms. The molecular weight excluding hydrogens is 395 g/mol. The topological polar surface area (TPSA) is 26.3 Å². The van der Waals surface area contributed by atoms with Gasteiger partial charge in [-0.25, -0.2) is 0 Å². The van der Waals surface area contributed by atoms with Gasteiger partial charge in [-0.2, -0.15) is 0 Å². The third kappa shape index (κ3) is 3.81. The Morgan fingerprint density at radius 3 is 2.42 bits per heavy atom. The SMILES string of the molecule is O=Cc1cc(Br)c(OCc2cccc(Cl)c2)c(Br)c1. The first kappa shape index (κ1) is 14.6. The second-order valence-electron chi connectivity index (χ2n) is 3.85. The van der Waals surface area contributed by atoms with Gasteiger partial charge in [0.15, 0.2) is 0 Å². The van der Waals surface area contributed by atoms with Crippen molar-refractivity contribution in [3.63, 3.8) is 0 Å². The van der Waals surface area contributed by atoms with Gasteiger partial charge < -0.3 is 4.74 Å². The Labute approximate surface area is 133 Å². The smallest absolute Gasteiger partial charge is 0.150 e. The molecule has 0 bridgehead atoms. The van der Waals surface area contributed by atoms with Crippen LogP contribution in [0.15, 0.2) is 45.3 Å². The normalized spacial score (nSPS) is 10.3. The highest BCUT2D eigenvalue weighted by atomic mass is 79.9. The molecular formula is C14H9Br2ClO2. The van der Waals surface area contributed by atoms with E-state index in [1.807, 2.05) is 24.3 Å². The zero-order chi connectivity index (χ0) is 13.8. The third-order valence-electron chi connectivity index (χ3n) is 2.43. The Balaban J connectivity index is 2.18. The highest BCUT2D eigenvalue weighted by molar-refractivity contribution is 9.11. The zero-order valence-electron chi connectivity index (χ0n) is 9.70. The predicted octanol–water partition coefficient (Wildman–Crippen LogP) is 5.26. The van der Waals surface area contributed by atoms with Crippen LogP contribution in [0.25, 0.3) is 0 Å². The monoisotopic (exact) mass is 402 g/mol. The van der Waals surface area contributed by atoms with Crippen LogP contribution in [0.1, 0.15) is 15.9 Å². The average Bonchev–Trinajstić information content (AvgIpc) is 2.37. The summed E-state index contributed by atoms with van der Waals surface area (Å²) in [5.41, 5.74) is 1.56. The maximum Gasteiger partial charge on any atom is 0.150 e. The lowest BCUT2D eigenvalue weighted by atomic mass is 10.2. The maximum absolute atomic E-state index is 10.7. The zero-order valence-corrected chi connectivity index (χ0v) is 13.6. The number of hydrogen-bond donors (Lipinski definition) is 0. The quantitative estimate of drug-likeness (QED) is 0.650. The molecule has 2 rings (SSSR count). The molecule has 0 aliphatic carbocycles. The number of hydrogen-bond acceptors (Lipinski definition) is 2. The summed E-state index contributed by atoms with van der Waals surface area (Å²) in [5, 5.41) is 0.676. The molecule has 0 atom stereocenters. The van der Waals surface area contributed by atoms with E-state index in [1.54, 1.807) is 12.1 Å². The van der Waals surface area contributed by atoms with E-state index in [0.29, 0.717) is 22.9 Å². The Kier molecular flexibility index (Phi) is 5.02.